The van der Waals surface area contributed by atoms with Gasteiger partial charge in [-0.15, -0.1) is 11.3 Å². The van der Waals surface area contributed by atoms with Crippen molar-refractivity contribution in [2.75, 3.05) is 0 Å². The Balaban J connectivity index is 1.01. The first-order chi connectivity index (χ1) is 30.7. The molecule has 0 aliphatic heterocycles. The van der Waals surface area contributed by atoms with E-state index in [0.717, 1.165) is 5.69 Å². The molecule has 0 amide bonds. The zero-order chi connectivity index (χ0) is 40.7. The maximum absolute atomic E-state index is 2.46. The molecule has 0 N–H and O–H groups in total. The predicted octanol–water partition coefficient (Wildman–Crippen LogP) is 17.3. The zero-order valence-corrected chi connectivity index (χ0v) is 34.5. The van der Waals surface area contributed by atoms with Crippen LogP contribution in [0.15, 0.2) is 224 Å². The highest BCUT2D eigenvalue weighted by Crippen LogP contribution is 2.45. The Morgan fingerprint density at radius 1 is 0.290 bits per heavy atom. The number of hydrogen-bond acceptors (Lipinski definition) is 1. The number of hydrogen-bond donors (Lipinski definition) is 0. The van der Waals surface area contributed by atoms with E-state index in [4.69, 9.17) is 0 Å². The second kappa shape index (κ2) is 13.9. The van der Waals surface area contributed by atoms with Crippen LogP contribution in [0.3, 0.4) is 0 Å². The summed E-state index contributed by atoms with van der Waals surface area (Å²) in [5.41, 5.74) is 13.5. The summed E-state index contributed by atoms with van der Waals surface area (Å²) in [6, 6.07) is 83.0. The van der Waals surface area contributed by atoms with E-state index in [1.165, 1.54) is 119 Å². The van der Waals surface area contributed by atoms with E-state index in [9.17, 15) is 0 Å². The molecule has 0 atom stereocenters. The minimum Gasteiger partial charge on any atom is -0.309 e. The van der Waals surface area contributed by atoms with Gasteiger partial charge in [-0.1, -0.05) is 176 Å². The van der Waals surface area contributed by atoms with Crippen molar-refractivity contribution in [3.05, 3.63) is 224 Å². The van der Waals surface area contributed by atoms with Gasteiger partial charge in [-0.25, -0.2) is 0 Å². The molecule has 0 saturated carbocycles. The van der Waals surface area contributed by atoms with Gasteiger partial charge in [0.1, 0.15) is 0 Å². The van der Waals surface area contributed by atoms with Gasteiger partial charge < -0.3 is 4.57 Å². The molecule has 13 aromatic rings. The number of rotatable bonds is 5. The Morgan fingerprint density at radius 2 is 0.790 bits per heavy atom. The van der Waals surface area contributed by atoms with E-state index < -0.39 is 0 Å². The minimum absolute atomic E-state index is 1.14. The van der Waals surface area contributed by atoms with Gasteiger partial charge in [-0.2, -0.15) is 0 Å². The van der Waals surface area contributed by atoms with Crippen LogP contribution in [0.25, 0.3) is 124 Å². The first-order valence-corrected chi connectivity index (χ1v) is 22.1. The number of aromatic nitrogens is 1. The molecule has 1 nitrogen and oxygen atoms in total. The molecule has 0 bridgehead atoms. The second-order valence-corrected chi connectivity index (χ2v) is 17.4. The maximum atomic E-state index is 2.46. The van der Waals surface area contributed by atoms with Gasteiger partial charge in [0.2, 0.25) is 0 Å². The molecule has 2 heteroatoms. The monoisotopic (exact) mass is 803 g/mol. The van der Waals surface area contributed by atoms with Crippen molar-refractivity contribution in [2.45, 2.75) is 0 Å². The Morgan fingerprint density at radius 3 is 1.48 bits per heavy atom. The SMILES string of the molecule is c1ccc(-c2c3ccccc3c(-c3ccc(-n4c5ccc(-c6ccc7ccccc7c6)cc5c5cc(-c6cccc7c6sc6ccccc67)ccc54)cc3)c3ccccc23)cc1. The fraction of sp³-hybridized carbons (Fsp3) is 0. The molecule has 0 fully saturated rings. The molecule has 0 aliphatic carbocycles. The lowest BCUT2D eigenvalue weighted by molar-refractivity contribution is 1.18. The number of nitrogens with zero attached hydrogens (tertiary/aromatic N) is 1. The quantitative estimate of drug-likeness (QED) is 0.153. The minimum atomic E-state index is 1.14. The standard InChI is InChI=1S/C60H37NS/c1-2-14-39(15-3-1)58-48-18-6-8-20-50(48)59(51-21-9-7-19-49(51)58)40-27-31-45(32-28-40)61-55-33-29-43(42-26-25-38-13-4-5-16-41(38)35-42)36-53(55)54-37-44(30-34-56(54)61)46-22-12-23-52-47-17-10-11-24-57(47)62-60(46)52/h1-37H. The van der Waals surface area contributed by atoms with Crippen molar-refractivity contribution in [1.82, 2.24) is 4.57 Å². The summed E-state index contributed by atoms with van der Waals surface area (Å²) in [7, 11) is 0. The second-order valence-electron chi connectivity index (χ2n) is 16.4. The Hall–Kier alpha value is -7.78. The van der Waals surface area contributed by atoms with Crippen LogP contribution in [0, 0.1) is 0 Å². The summed E-state index contributed by atoms with van der Waals surface area (Å²) < 4.78 is 5.11. The first-order valence-electron chi connectivity index (χ1n) is 21.3. The van der Waals surface area contributed by atoms with Crippen molar-refractivity contribution in [2.24, 2.45) is 0 Å². The van der Waals surface area contributed by atoms with Gasteiger partial charge in [0.15, 0.2) is 0 Å². The van der Waals surface area contributed by atoms with Crippen molar-refractivity contribution in [1.29, 1.82) is 0 Å². The third-order valence-corrected chi connectivity index (χ3v) is 14.2. The van der Waals surface area contributed by atoms with Gasteiger partial charge in [0.05, 0.1) is 11.0 Å². The van der Waals surface area contributed by atoms with E-state index in [1.54, 1.807) is 0 Å². The van der Waals surface area contributed by atoms with Crippen LogP contribution in [0.5, 0.6) is 0 Å². The van der Waals surface area contributed by atoms with Crippen molar-refractivity contribution >= 4 is 85.6 Å². The van der Waals surface area contributed by atoms with Crippen LogP contribution < -0.4 is 0 Å². The fourth-order valence-corrected chi connectivity index (χ4v) is 11.4. The predicted molar refractivity (Wildman–Crippen MR) is 268 cm³/mol. The Labute approximate surface area is 363 Å². The van der Waals surface area contributed by atoms with Crippen LogP contribution in [0.1, 0.15) is 0 Å². The summed E-state index contributed by atoms with van der Waals surface area (Å²) >= 11 is 1.89. The third-order valence-electron chi connectivity index (χ3n) is 13.0. The zero-order valence-electron chi connectivity index (χ0n) is 33.7. The van der Waals surface area contributed by atoms with Crippen LogP contribution in [-0.4, -0.2) is 4.57 Å². The van der Waals surface area contributed by atoms with Crippen molar-refractivity contribution in [3.63, 3.8) is 0 Å². The molecular weight excluding hydrogens is 767 g/mol. The largest absolute Gasteiger partial charge is 0.309 e. The molecule has 2 aromatic heterocycles. The van der Waals surface area contributed by atoms with Crippen LogP contribution in [0.4, 0.5) is 0 Å². The first kappa shape index (κ1) is 35.0. The molecule has 0 unspecified atom stereocenters. The van der Waals surface area contributed by atoms with Gasteiger partial charge in [0, 0.05) is 36.6 Å². The highest BCUT2D eigenvalue weighted by Gasteiger charge is 2.19. The molecule has 2 heterocycles. The topological polar surface area (TPSA) is 4.93 Å². The maximum Gasteiger partial charge on any atom is 0.0541 e. The van der Waals surface area contributed by atoms with E-state index in [0.29, 0.717) is 0 Å². The fourth-order valence-electron chi connectivity index (χ4n) is 10.1. The average Bonchev–Trinajstić information content (AvgIpc) is 3.89. The molecule has 288 valence electrons. The summed E-state index contributed by atoms with van der Waals surface area (Å²) in [6.07, 6.45) is 0. The van der Waals surface area contributed by atoms with Gasteiger partial charge in [0.25, 0.3) is 0 Å². The van der Waals surface area contributed by atoms with Gasteiger partial charge >= 0.3 is 0 Å². The van der Waals surface area contributed by atoms with E-state index >= 15 is 0 Å². The molecule has 0 aliphatic rings. The summed E-state index contributed by atoms with van der Waals surface area (Å²) in [5.74, 6) is 0. The molecule has 13 rings (SSSR count). The van der Waals surface area contributed by atoms with Gasteiger partial charge in [-0.3, -0.25) is 0 Å². The number of fused-ring (bicyclic) bond motifs is 9. The number of benzene rings is 11. The normalized spacial score (nSPS) is 11.9. The number of thiophene rings is 1. The molecule has 11 aromatic carbocycles. The van der Waals surface area contributed by atoms with Crippen LogP contribution >= 0.6 is 11.3 Å². The summed E-state index contributed by atoms with van der Waals surface area (Å²) in [4.78, 5) is 0. The Bertz CT molecular complexity index is 3850. The molecule has 62 heavy (non-hydrogen) atoms. The van der Waals surface area contributed by atoms with E-state index in [2.05, 4.69) is 229 Å². The highest BCUT2D eigenvalue weighted by atomic mass is 32.1. The van der Waals surface area contributed by atoms with Gasteiger partial charge in [-0.05, 0) is 125 Å². The Kier molecular flexibility index (Phi) is 7.85. The average molecular weight is 804 g/mol. The highest BCUT2D eigenvalue weighted by molar-refractivity contribution is 7.26. The van der Waals surface area contributed by atoms with E-state index in [-0.39, 0.29) is 0 Å². The summed E-state index contributed by atoms with van der Waals surface area (Å²) in [6.45, 7) is 0. The molecule has 0 saturated heterocycles. The van der Waals surface area contributed by atoms with Crippen molar-refractivity contribution in [3.8, 4) is 50.2 Å². The van der Waals surface area contributed by atoms with Crippen molar-refractivity contribution < 1.29 is 0 Å². The summed E-state index contributed by atoms with van der Waals surface area (Å²) in [5, 5.41) is 12.7. The smallest absolute Gasteiger partial charge is 0.0541 e. The van der Waals surface area contributed by atoms with E-state index in [1.807, 2.05) is 11.3 Å². The third kappa shape index (κ3) is 5.40. The molecule has 0 spiro atoms. The lowest BCUT2D eigenvalue weighted by Crippen LogP contribution is -1.95. The molecule has 0 radical (unpaired) electrons. The van der Waals surface area contributed by atoms with Crippen LogP contribution in [-0.2, 0) is 0 Å². The molecular formula is C60H37NS. The lowest BCUT2D eigenvalue weighted by atomic mass is 9.86. The lowest BCUT2D eigenvalue weighted by Gasteiger charge is -2.18. The van der Waals surface area contributed by atoms with Crippen LogP contribution in [0.2, 0.25) is 0 Å².